The van der Waals surface area contributed by atoms with Gasteiger partial charge in [-0.3, -0.25) is 9.80 Å². The molecule has 0 spiro atoms. The summed E-state index contributed by atoms with van der Waals surface area (Å²) in [4.78, 5) is 4.88. The van der Waals surface area contributed by atoms with Gasteiger partial charge in [0.1, 0.15) is 24.7 Å². The largest absolute Gasteiger partial charge is 0.492 e. The third-order valence-corrected chi connectivity index (χ3v) is 5.31. The number of ether oxygens (including phenoxy) is 3. The number of para-hydroxylation sites is 1. The summed E-state index contributed by atoms with van der Waals surface area (Å²) in [7, 11) is 0. The summed E-state index contributed by atoms with van der Waals surface area (Å²) in [5, 5.41) is 8.85. The van der Waals surface area contributed by atoms with Crippen LogP contribution in [0.4, 0.5) is 0 Å². The number of fused-ring (bicyclic) bond motifs is 2. The Labute approximate surface area is 172 Å². The topological polar surface area (TPSA) is 58.0 Å². The van der Waals surface area contributed by atoms with Gasteiger partial charge >= 0.3 is 0 Å². The fourth-order valence-corrected chi connectivity index (χ4v) is 3.95. The van der Waals surface area contributed by atoms with Crippen LogP contribution in [-0.2, 0) is 4.74 Å². The molecule has 2 saturated heterocycles. The second-order valence-electron chi connectivity index (χ2n) is 7.55. The highest BCUT2D eigenvalue weighted by molar-refractivity contribution is 5.34. The monoisotopic (exact) mass is 393 g/mol. The summed E-state index contributed by atoms with van der Waals surface area (Å²) in [5.41, 5.74) is 0.650. The normalized spacial score (nSPS) is 22.0. The van der Waals surface area contributed by atoms with Gasteiger partial charge in [-0.2, -0.15) is 5.26 Å². The summed E-state index contributed by atoms with van der Waals surface area (Å²) < 4.78 is 17.8. The van der Waals surface area contributed by atoms with Crippen LogP contribution in [-0.4, -0.2) is 74.5 Å². The molecular formula is C23H27N3O3. The third-order valence-electron chi connectivity index (χ3n) is 5.31. The number of rotatable bonds is 8. The molecule has 0 amide bonds. The first-order valence-electron chi connectivity index (χ1n) is 10.2. The number of nitrogens with zero attached hydrogens (tertiary/aromatic N) is 3. The molecule has 2 atom stereocenters. The number of nitriles is 1. The van der Waals surface area contributed by atoms with Gasteiger partial charge < -0.3 is 14.2 Å². The van der Waals surface area contributed by atoms with Crippen molar-refractivity contribution in [3.8, 4) is 17.6 Å². The average molecular weight is 393 g/mol. The van der Waals surface area contributed by atoms with Crippen molar-refractivity contribution in [2.75, 3.05) is 52.5 Å². The highest BCUT2D eigenvalue weighted by atomic mass is 16.5. The summed E-state index contributed by atoms with van der Waals surface area (Å²) in [5.74, 6) is 1.73. The molecular weight excluding hydrogens is 366 g/mol. The number of morpholine rings is 2. The minimum atomic E-state index is 0.245. The molecule has 6 heteroatoms. The lowest BCUT2D eigenvalue weighted by atomic mass is 10.1. The molecule has 2 unspecified atom stereocenters. The van der Waals surface area contributed by atoms with Gasteiger partial charge in [-0.1, -0.05) is 18.2 Å². The minimum Gasteiger partial charge on any atom is -0.492 e. The van der Waals surface area contributed by atoms with Crippen LogP contribution in [0.3, 0.4) is 0 Å². The molecule has 2 aromatic rings. The molecule has 2 heterocycles. The Kier molecular flexibility index (Phi) is 6.63. The highest BCUT2D eigenvalue weighted by Gasteiger charge is 2.34. The molecule has 2 aromatic carbocycles. The molecule has 2 aliphatic heterocycles. The molecule has 152 valence electrons. The van der Waals surface area contributed by atoms with Gasteiger partial charge in [0.15, 0.2) is 0 Å². The van der Waals surface area contributed by atoms with Crippen molar-refractivity contribution >= 4 is 0 Å². The Morgan fingerprint density at radius 1 is 0.793 bits per heavy atom. The van der Waals surface area contributed by atoms with E-state index >= 15 is 0 Å². The van der Waals surface area contributed by atoms with E-state index in [0.29, 0.717) is 18.8 Å². The number of hydrogen-bond donors (Lipinski definition) is 0. The second-order valence-corrected chi connectivity index (χ2v) is 7.55. The van der Waals surface area contributed by atoms with Crippen LogP contribution in [0.25, 0.3) is 0 Å². The lowest BCUT2D eigenvalue weighted by Gasteiger charge is -2.45. The van der Waals surface area contributed by atoms with Gasteiger partial charge in [0.2, 0.25) is 0 Å². The highest BCUT2D eigenvalue weighted by Crippen LogP contribution is 2.19. The lowest BCUT2D eigenvalue weighted by Crippen LogP contribution is -2.60. The summed E-state index contributed by atoms with van der Waals surface area (Å²) in [6.07, 6.45) is 0.489. The predicted octanol–water partition coefficient (Wildman–Crippen LogP) is 2.40. The van der Waals surface area contributed by atoms with Crippen LogP contribution in [0, 0.1) is 11.3 Å². The van der Waals surface area contributed by atoms with E-state index < -0.39 is 0 Å². The van der Waals surface area contributed by atoms with Crippen LogP contribution < -0.4 is 9.47 Å². The zero-order valence-electron chi connectivity index (χ0n) is 16.6. The van der Waals surface area contributed by atoms with E-state index in [-0.39, 0.29) is 12.2 Å². The molecule has 0 radical (unpaired) electrons. The van der Waals surface area contributed by atoms with E-state index in [1.165, 1.54) is 0 Å². The van der Waals surface area contributed by atoms with Gasteiger partial charge in [-0.15, -0.1) is 0 Å². The molecule has 0 aromatic heterocycles. The Balaban J connectivity index is 1.16. The van der Waals surface area contributed by atoms with E-state index in [1.807, 2.05) is 42.5 Å². The summed E-state index contributed by atoms with van der Waals surface area (Å²) in [6.45, 7) is 6.90. The van der Waals surface area contributed by atoms with E-state index in [2.05, 4.69) is 15.9 Å². The first kappa shape index (κ1) is 19.7. The Hall–Kier alpha value is -2.59. The first-order valence-corrected chi connectivity index (χ1v) is 10.2. The lowest BCUT2D eigenvalue weighted by molar-refractivity contribution is -0.140. The summed E-state index contributed by atoms with van der Waals surface area (Å²) >= 11 is 0. The fraction of sp³-hybridized carbons (Fsp3) is 0.435. The van der Waals surface area contributed by atoms with Crippen LogP contribution >= 0.6 is 0 Å². The smallest absolute Gasteiger partial charge is 0.119 e. The van der Waals surface area contributed by atoms with Gasteiger partial charge in [0, 0.05) is 39.3 Å². The molecule has 0 saturated carbocycles. The molecule has 6 nitrogen and oxygen atoms in total. The maximum atomic E-state index is 8.85. The SMILES string of the molecule is N#Cc1ccc(OCCN2CC3CN(CCOc4ccccc4)CC(C2)O3)cc1. The molecule has 2 bridgehead atoms. The molecule has 29 heavy (non-hydrogen) atoms. The molecule has 0 aliphatic carbocycles. The zero-order chi connectivity index (χ0) is 19.9. The molecule has 0 N–H and O–H groups in total. The van der Waals surface area contributed by atoms with Crippen molar-refractivity contribution in [3.05, 3.63) is 60.2 Å². The number of hydrogen-bond acceptors (Lipinski definition) is 6. The maximum absolute atomic E-state index is 8.85. The standard InChI is InChI=1S/C23H27N3O3/c24-14-19-6-8-21(9-7-19)28-13-11-26-17-22-15-25(16-23(18-26)29-22)10-12-27-20-4-2-1-3-5-20/h1-9,22-23H,10-13,15-18H2. The van der Waals surface area contributed by atoms with Crippen molar-refractivity contribution < 1.29 is 14.2 Å². The average Bonchev–Trinajstić information content (AvgIpc) is 2.74. The fourth-order valence-electron chi connectivity index (χ4n) is 3.95. The van der Waals surface area contributed by atoms with Crippen molar-refractivity contribution in [2.45, 2.75) is 12.2 Å². The van der Waals surface area contributed by atoms with E-state index in [0.717, 1.165) is 50.8 Å². The maximum Gasteiger partial charge on any atom is 0.119 e. The molecule has 4 rings (SSSR count). The van der Waals surface area contributed by atoms with Crippen molar-refractivity contribution in [3.63, 3.8) is 0 Å². The van der Waals surface area contributed by atoms with Crippen LogP contribution in [0.15, 0.2) is 54.6 Å². The molecule has 2 aliphatic rings. The van der Waals surface area contributed by atoms with Gasteiger partial charge in [0.25, 0.3) is 0 Å². The van der Waals surface area contributed by atoms with Crippen molar-refractivity contribution in [1.29, 1.82) is 5.26 Å². The quantitative estimate of drug-likeness (QED) is 0.687. The van der Waals surface area contributed by atoms with Crippen LogP contribution in [0.2, 0.25) is 0 Å². The van der Waals surface area contributed by atoms with Gasteiger partial charge in [0.05, 0.1) is 23.8 Å². The van der Waals surface area contributed by atoms with E-state index in [1.54, 1.807) is 12.1 Å². The van der Waals surface area contributed by atoms with Crippen molar-refractivity contribution in [1.82, 2.24) is 9.80 Å². The minimum absolute atomic E-state index is 0.245. The first-order chi connectivity index (χ1) is 14.3. The zero-order valence-corrected chi connectivity index (χ0v) is 16.6. The predicted molar refractivity (Wildman–Crippen MR) is 110 cm³/mol. The van der Waals surface area contributed by atoms with E-state index in [9.17, 15) is 0 Å². The van der Waals surface area contributed by atoms with Crippen LogP contribution in [0.1, 0.15) is 5.56 Å². The van der Waals surface area contributed by atoms with Gasteiger partial charge in [-0.25, -0.2) is 0 Å². The Morgan fingerprint density at radius 2 is 1.31 bits per heavy atom. The van der Waals surface area contributed by atoms with Gasteiger partial charge in [-0.05, 0) is 36.4 Å². The second kappa shape index (κ2) is 9.75. The van der Waals surface area contributed by atoms with Crippen LogP contribution in [0.5, 0.6) is 11.5 Å². The van der Waals surface area contributed by atoms with Crippen molar-refractivity contribution in [2.24, 2.45) is 0 Å². The van der Waals surface area contributed by atoms with E-state index in [4.69, 9.17) is 19.5 Å². The molecule has 2 fully saturated rings. The Bertz CT molecular complexity index is 792. The number of benzene rings is 2. The third kappa shape index (κ3) is 5.70. The Morgan fingerprint density at radius 3 is 1.83 bits per heavy atom. The summed E-state index contributed by atoms with van der Waals surface area (Å²) in [6, 6.07) is 19.4.